The summed E-state index contributed by atoms with van der Waals surface area (Å²) in [5, 5.41) is 10.8. The van der Waals surface area contributed by atoms with Crippen LogP contribution in [-0.4, -0.2) is 24.4 Å². The number of hydrogen-bond donors (Lipinski definition) is 0. The minimum atomic E-state index is -3.37. The Morgan fingerprint density at radius 1 is 0.323 bits per heavy atom. The van der Waals surface area contributed by atoms with Crippen molar-refractivity contribution in [1.29, 1.82) is 0 Å². The molecule has 1 heterocycles. The molecule has 0 bridgehead atoms. The lowest BCUT2D eigenvalue weighted by molar-refractivity contribution is 0.103. The molecule has 490 valence electrons. The van der Waals surface area contributed by atoms with E-state index in [0.717, 1.165) is 49.3 Å². The molecule has 17 heteroatoms. The Morgan fingerprint density at radius 2 is 0.562 bits per heavy atom. The Kier molecular flexibility index (Phi) is 23.4. The van der Waals surface area contributed by atoms with Gasteiger partial charge in [-0.15, -0.1) is 10.2 Å². The summed E-state index contributed by atoms with van der Waals surface area (Å²) in [6.45, 7) is 17.5. The summed E-state index contributed by atoms with van der Waals surface area (Å²) in [5.41, 5.74) is 6.71. The number of nitrogens with zero attached hydrogens (tertiary/aromatic N) is 2. The molecule has 0 saturated carbocycles. The quantitative estimate of drug-likeness (QED) is 0.0581. The third kappa shape index (κ3) is 16.8. The Labute approximate surface area is 554 Å². The SMILES string of the molecule is Cc1c(F)c(F)c(-c2c(F)c(F)c(C)c(F)c2F)c(F)c1F.Cc1ccc(-c2nnc(-c3ccc(C)cc3)o2)cc1.Cc1ccc(C(=O)c2ccc(C)cc2)cc1.Cc1ccc(P(=O)(c2ccccc2)c2ccc(C)cc2)cc1.Cc1ccc(S(=O)(=O)c2ccc(C)cc2)cc1. The van der Waals surface area contributed by atoms with Gasteiger partial charge in [0, 0.05) is 49.3 Å². The van der Waals surface area contributed by atoms with Crippen LogP contribution in [0.4, 0.5) is 35.1 Å². The van der Waals surface area contributed by atoms with Gasteiger partial charge in [-0.05, 0) is 118 Å². The summed E-state index contributed by atoms with van der Waals surface area (Å²) < 4.78 is 153. The highest BCUT2D eigenvalue weighted by Gasteiger charge is 2.33. The molecule has 11 aromatic carbocycles. The second-order valence-electron chi connectivity index (χ2n) is 23.0. The second kappa shape index (κ2) is 31.4. The smallest absolute Gasteiger partial charge is 0.248 e. The van der Waals surface area contributed by atoms with Gasteiger partial charge in [-0.3, -0.25) is 4.79 Å². The summed E-state index contributed by atoms with van der Waals surface area (Å²) >= 11 is 0. The van der Waals surface area contributed by atoms with Crippen LogP contribution in [0.1, 0.15) is 71.6 Å². The average molecular weight is 1340 g/mol. The fourth-order valence-corrected chi connectivity index (χ4v) is 13.4. The van der Waals surface area contributed by atoms with Crippen molar-refractivity contribution in [2.45, 2.75) is 79.0 Å². The molecule has 96 heavy (non-hydrogen) atoms. The van der Waals surface area contributed by atoms with Crippen LogP contribution in [0, 0.1) is 116 Å². The second-order valence-corrected chi connectivity index (χ2v) is 27.7. The molecule has 12 aromatic rings. The highest BCUT2D eigenvalue weighted by molar-refractivity contribution is 7.91. The Hall–Kier alpha value is -10.2. The lowest BCUT2D eigenvalue weighted by Crippen LogP contribution is -2.25. The number of aromatic nitrogens is 2. The molecule has 0 aliphatic rings. The van der Waals surface area contributed by atoms with Gasteiger partial charge in [0.15, 0.2) is 59.5 Å². The van der Waals surface area contributed by atoms with E-state index in [1.165, 1.54) is 33.4 Å². The van der Waals surface area contributed by atoms with Crippen LogP contribution >= 0.6 is 7.14 Å². The first-order chi connectivity index (χ1) is 45.6. The molecule has 0 spiro atoms. The lowest BCUT2D eigenvalue weighted by Gasteiger charge is -2.20. The van der Waals surface area contributed by atoms with Crippen LogP contribution in [0.25, 0.3) is 34.0 Å². The van der Waals surface area contributed by atoms with E-state index in [9.17, 15) is 52.9 Å². The van der Waals surface area contributed by atoms with Crippen molar-refractivity contribution in [3.8, 4) is 34.0 Å². The summed E-state index contributed by atoms with van der Waals surface area (Å²) in [4.78, 5) is 12.7. The number of halogens is 8. The molecule has 0 aliphatic heterocycles. The van der Waals surface area contributed by atoms with Crippen LogP contribution in [0.3, 0.4) is 0 Å². The van der Waals surface area contributed by atoms with Crippen LogP contribution in [0.2, 0.25) is 0 Å². The zero-order chi connectivity index (χ0) is 69.8. The van der Waals surface area contributed by atoms with E-state index in [2.05, 4.69) is 24.0 Å². The molecule has 0 amide bonds. The van der Waals surface area contributed by atoms with E-state index < -0.39 is 85.8 Å². The topological polar surface area (TPSA) is 107 Å². The Morgan fingerprint density at radius 3 is 0.844 bits per heavy atom. The van der Waals surface area contributed by atoms with Gasteiger partial charge >= 0.3 is 0 Å². The molecule has 12 rings (SSSR count). The number of carbonyl (C=O) groups is 1. The minimum Gasteiger partial charge on any atom is -0.416 e. The van der Waals surface area contributed by atoms with E-state index >= 15 is 0 Å². The maximum Gasteiger partial charge on any atom is 0.248 e. The van der Waals surface area contributed by atoms with E-state index in [4.69, 9.17) is 4.42 Å². The molecule has 7 nitrogen and oxygen atoms in total. The molecule has 0 fully saturated rings. The number of hydrogen-bond acceptors (Lipinski definition) is 7. The highest BCUT2D eigenvalue weighted by atomic mass is 32.2. The molecule has 1 aromatic heterocycles. The third-order valence-corrected chi connectivity index (χ3v) is 20.3. The number of benzene rings is 11. The van der Waals surface area contributed by atoms with Crippen LogP contribution in [0.15, 0.2) is 239 Å². The largest absolute Gasteiger partial charge is 0.416 e. The summed E-state index contributed by atoms with van der Waals surface area (Å²) in [6, 6.07) is 71.0. The van der Waals surface area contributed by atoms with Crippen molar-refractivity contribution in [2.75, 3.05) is 0 Å². The molecular weight excluding hydrogens is 1270 g/mol. The number of sulfone groups is 1. The monoisotopic (exact) mass is 1340 g/mol. The van der Waals surface area contributed by atoms with Crippen LogP contribution < -0.4 is 15.9 Å². The molecule has 0 N–H and O–H groups in total. The van der Waals surface area contributed by atoms with Gasteiger partial charge in [0.25, 0.3) is 0 Å². The maximum atomic E-state index is 14.0. The van der Waals surface area contributed by atoms with Gasteiger partial charge in [0.1, 0.15) is 0 Å². The standard InChI is InChI=1S/C20H19OP.C16H14N2O.C15H14O.C14H6F8.C14H14O2S/c1-16-8-12-19(13-9-16)22(21,18-6-4-3-5-7-18)20-14-10-17(2)11-15-20;1-11-3-7-13(8-4-11)15-17-18-16(19-15)14-9-5-12(2)6-10-14;1-11-3-7-13(8-4-11)15(16)14-9-5-12(2)6-10-14;1-3-7(15)11(19)5(12(20)8(3)16)6-13(21)9(17)4(2)10(18)14(6)22;1-11-3-7-13(8-4-11)17(15,16)14-9-5-12(2)6-10-14/h3-15H,1-2H3;3-10H,1-2H3;3-10H,1-2H3;1-2H3;3-10H,1-2H3. The van der Waals surface area contributed by atoms with Crippen molar-refractivity contribution in [3.05, 3.63) is 338 Å². The molecule has 0 atom stereocenters. The van der Waals surface area contributed by atoms with E-state index in [-0.39, 0.29) is 5.78 Å². The van der Waals surface area contributed by atoms with Crippen molar-refractivity contribution in [3.63, 3.8) is 0 Å². The number of ketones is 1. The first-order valence-corrected chi connectivity index (χ1v) is 33.3. The molecule has 0 radical (unpaired) electrons. The van der Waals surface area contributed by atoms with Gasteiger partial charge in [-0.25, -0.2) is 43.5 Å². The average Bonchev–Trinajstić information content (AvgIpc) is 0.883. The summed E-state index contributed by atoms with van der Waals surface area (Å²) in [6.07, 6.45) is 0. The van der Waals surface area contributed by atoms with E-state index in [1.54, 1.807) is 48.5 Å². The number of aryl methyl sites for hydroxylation is 8. The first kappa shape index (κ1) is 71.7. The minimum absolute atomic E-state index is 0.0833. The molecule has 0 aliphatic carbocycles. The number of carbonyl (C=O) groups excluding carboxylic acids is 1. The van der Waals surface area contributed by atoms with Crippen LogP contribution in [0.5, 0.6) is 0 Å². The van der Waals surface area contributed by atoms with Crippen molar-refractivity contribution in [1.82, 2.24) is 10.2 Å². The third-order valence-electron chi connectivity index (χ3n) is 15.4. The highest BCUT2D eigenvalue weighted by Crippen LogP contribution is 2.43. The van der Waals surface area contributed by atoms with Gasteiger partial charge in [0.2, 0.25) is 21.6 Å². The fourth-order valence-electron chi connectivity index (χ4n) is 9.51. The molecule has 0 saturated heterocycles. The van der Waals surface area contributed by atoms with Gasteiger partial charge in [-0.1, -0.05) is 220 Å². The zero-order valence-electron chi connectivity index (χ0n) is 54.2. The van der Waals surface area contributed by atoms with E-state index in [1.807, 2.05) is 217 Å². The Bertz CT molecular complexity index is 4510. The van der Waals surface area contributed by atoms with Crippen LogP contribution in [-0.2, 0) is 14.4 Å². The fraction of sp³-hybridized carbons (Fsp3) is 0.127. The van der Waals surface area contributed by atoms with E-state index in [0.29, 0.717) is 35.4 Å². The lowest BCUT2D eigenvalue weighted by atomic mass is 9.98. The predicted octanol–water partition coefficient (Wildman–Crippen LogP) is 19.7. The summed E-state index contributed by atoms with van der Waals surface area (Å²) in [5.74, 6) is -15.1. The van der Waals surface area contributed by atoms with Crippen molar-refractivity contribution < 1.29 is 57.3 Å². The zero-order valence-corrected chi connectivity index (χ0v) is 55.9. The molecule has 0 unspecified atom stereocenters. The molecular formula is C79H67F8N2O5PS. The normalized spacial score (nSPS) is 11.0. The van der Waals surface area contributed by atoms with Crippen molar-refractivity contribution in [2.24, 2.45) is 0 Å². The van der Waals surface area contributed by atoms with Crippen molar-refractivity contribution >= 4 is 38.7 Å². The van der Waals surface area contributed by atoms with Gasteiger partial charge in [-0.2, -0.15) is 0 Å². The first-order valence-electron chi connectivity index (χ1n) is 30.1. The summed E-state index contributed by atoms with van der Waals surface area (Å²) in [7, 11) is -6.19. The Balaban J connectivity index is 0.000000154. The maximum absolute atomic E-state index is 14.0. The van der Waals surface area contributed by atoms with Gasteiger partial charge in [0.05, 0.1) is 20.9 Å². The van der Waals surface area contributed by atoms with Gasteiger partial charge < -0.3 is 8.98 Å². The predicted molar refractivity (Wildman–Crippen MR) is 365 cm³/mol. The number of rotatable bonds is 10.